The molecule has 0 radical (unpaired) electrons. The third-order valence-electron chi connectivity index (χ3n) is 2.46. The average molecular weight is 341 g/mol. The van der Waals surface area contributed by atoms with E-state index in [0.717, 1.165) is 9.35 Å². The second-order valence-electron chi connectivity index (χ2n) is 4.28. The molecule has 0 aliphatic heterocycles. The minimum absolute atomic E-state index is 0.172. The number of thiophene rings is 1. The van der Waals surface area contributed by atoms with Crippen molar-refractivity contribution in [2.45, 2.75) is 31.0 Å². The van der Waals surface area contributed by atoms with E-state index in [4.69, 9.17) is 5.73 Å². The Hall–Kier alpha value is 0.0500. The molecular weight excluding hydrogens is 324 g/mol. The van der Waals surface area contributed by atoms with Crippen molar-refractivity contribution in [2.75, 3.05) is 6.54 Å². The van der Waals surface area contributed by atoms with E-state index in [1.807, 2.05) is 20.8 Å². The van der Waals surface area contributed by atoms with E-state index < -0.39 is 10.0 Å². The van der Waals surface area contributed by atoms with Crippen molar-refractivity contribution in [3.05, 3.63) is 15.4 Å². The van der Waals surface area contributed by atoms with Crippen LogP contribution in [0.25, 0.3) is 0 Å². The molecule has 3 N–H and O–H groups in total. The second-order valence-corrected chi connectivity index (χ2v) is 8.65. The molecule has 7 heteroatoms. The molecule has 0 saturated carbocycles. The summed E-state index contributed by atoms with van der Waals surface area (Å²) >= 11 is 4.52. The van der Waals surface area contributed by atoms with Gasteiger partial charge in [0.05, 0.1) is 3.79 Å². The molecule has 0 aliphatic carbocycles. The van der Waals surface area contributed by atoms with Gasteiger partial charge in [-0.05, 0) is 40.4 Å². The van der Waals surface area contributed by atoms with Gasteiger partial charge in [-0.1, -0.05) is 13.8 Å². The summed E-state index contributed by atoms with van der Waals surface area (Å²) in [4.78, 5) is 0. The SMILES string of the molecule is Cc1cc(S(=O)(=O)NCC(N)C(C)C)sc1Br. The Morgan fingerprint density at radius 3 is 2.53 bits per heavy atom. The molecule has 1 aromatic heterocycles. The van der Waals surface area contributed by atoms with E-state index in [1.54, 1.807) is 6.07 Å². The van der Waals surface area contributed by atoms with Gasteiger partial charge in [0.25, 0.3) is 0 Å². The maximum Gasteiger partial charge on any atom is 0.250 e. The lowest BCUT2D eigenvalue weighted by Gasteiger charge is -2.15. The predicted octanol–water partition coefficient (Wildman–Crippen LogP) is 2.08. The van der Waals surface area contributed by atoms with Gasteiger partial charge in [0, 0.05) is 12.6 Å². The fourth-order valence-electron chi connectivity index (χ4n) is 1.08. The Balaban J connectivity index is 2.76. The van der Waals surface area contributed by atoms with Crippen molar-refractivity contribution in [1.29, 1.82) is 0 Å². The van der Waals surface area contributed by atoms with Gasteiger partial charge in [-0.3, -0.25) is 0 Å². The molecule has 0 fully saturated rings. The van der Waals surface area contributed by atoms with Crippen molar-refractivity contribution in [3.8, 4) is 0 Å². The first-order valence-electron chi connectivity index (χ1n) is 5.25. The van der Waals surface area contributed by atoms with Crippen LogP contribution >= 0.6 is 27.3 Å². The summed E-state index contributed by atoms with van der Waals surface area (Å²) in [5, 5.41) is 0. The van der Waals surface area contributed by atoms with Crippen LogP contribution in [0.15, 0.2) is 14.1 Å². The third kappa shape index (κ3) is 4.03. The van der Waals surface area contributed by atoms with Gasteiger partial charge in [0.2, 0.25) is 10.0 Å². The van der Waals surface area contributed by atoms with Gasteiger partial charge < -0.3 is 5.73 Å². The zero-order valence-corrected chi connectivity index (χ0v) is 13.2. The van der Waals surface area contributed by atoms with Crippen LogP contribution in [0.4, 0.5) is 0 Å². The molecule has 17 heavy (non-hydrogen) atoms. The number of hydrogen-bond acceptors (Lipinski definition) is 4. The molecule has 1 rings (SSSR count). The monoisotopic (exact) mass is 340 g/mol. The number of aryl methyl sites for hydroxylation is 1. The van der Waals surface area contributed by atoms with Crippen molar-refractivity contribution in [1.82, 2.24) is 4.72 Å². The summed E-state index contributed by atoms with van der Waals surface area (Å²) in [7, 11) is -3.43. The van der Waals surface area contributed by atoms with Gasteiger partial charge >= 0.3 is 0 Å². The van der Waals surface area contributed by atoms with Gasteiger partial charge in [-0.2, -0.15) is 0 Å². The van der Waals surface area contributed by atoms with Gasteiger partial charge in [0.15, 0.2) is 0 Å². The number of rotatable bonds is 5. The summed E-state index contributed by atoms with van der Waals surface area (Å²) in [6, 6.07) is 1.48. The number of nitrogens with two attached hydrogens (primary N) is 1. The number of sulfonamides is 1. The van der Waals surface area contributed by atoms with Crippen LogP contribution in [-0.2, 0) is 10.0 Å². The minimum Gasteiger partial charge on any atom is -0.326 e. The molecule has 1 aromatic rings. The predicted molar refractivity (Wildman–Crippen MR) is 74.8 cm³/mol. The van der Waals surface area contributed by atoms with Crippen LogP contribution in [0, 0.1) is 12.8 Å². The van der Waals surface area contributed by atoms with Crippen LogP contribution in [0.3, 0.4) is 0 Å². The van der Waals surface area contributed by atoms with E-state index >= 15 is 0 Å². The van der Waals surface area contributed by atoms with Crippen LogP contribution in [0.2, 0.25) is 0 Å². The van der Waals surface area contributed by atoms with Gasteiger partial charge in [-0.25, -0.2) is 13.1 Å². The molecule has 1 heterocycles. The molecule has 98 valence electrons. The quantitative estimate of drug-likeness (QED) is 0.861. The highest BCUT2D eigenvalue weighted by Crippen LogP contribution is 2.30. The number of halogens is 1. The highest BCUT2D eigenvalue weighted by atomic mass is 79.9. The number of hydrogen-bond donors (Lipinski definition) is 2. The smallest absolute Gasteiger partial charge is 0.250 e. The molecule has 0 bridgehead atoms. The Bertz CT molecular complexity index is 463. The van der Waals surface area contributed by atoms with Crippen molar-refractivity contribution >= 4 is 37.3 Å². The molecule has 4 nitrogen and oxygen atoms in total. The van der Waals surface area contributed by atoms with Crippen molar-refractivity contribution in [3.63, 3.8) is 0 Å². The van der Waals surface area contributed by atoms with E-state index in [9.17, 15) is 8.42 Å². The van der Waals surface area contributed by atoms with Gasteiger partial charge in [0.1, 0.15) is 4.21 Å². The summed E-state index contributed by atoms with van der Waals surface area (Å²) in [5.41, 5.74) is 6.72. The lowest BCUT2D eigenvalue weighted by atomic mass is 10.1. The summed E-state index contributed by atoms with van der Waals surface area (Å²) in [6.45, 7) is 6.05. The number of nitrogens with one attached hydrogen (secondary N) is 1. The maximum absolute atomic E-state index is 11.9. The molecule has 0 saturated heterocycles. The van der Waals surface area contributed by atoms with Crippen molar-refractivity contribution < 1.29 is 8.42 Å². The van der Waals surface area contributed by atoms with Crippen molar-refractivity contribution in [2.24, 2.45) is 11.7 Å². The fraction of sp³-hybridized carbons (Fsp3) is 0.600. The molecular formula is C10H17BrN2O2S2. The zero-order chi connectivity index (χ0) is 13.2. The van der Waals surface area contributed by atoms with E-state index in [2.05, 4.69) is 20.7 Å². The molecule has 0 spiro atoms. The second kappa shape index (κ2) is 5.79. The summed E-state index contributed by atoms with van der Waals surface area (Å²) < 4.78 is 27.6. The largest absolute Gasteiger partial charge is 0.326 e. The first-order valence-corrected chi connectivity index (χ1v) is 8.34. The van der Waals surface area contributed by atoms with Crippen LogP contribution < -0.4 is 10.5 Å². The highest BCUT2D eigenvalue weighted by Gasteiger charge is 2.19. The van der Waals surface area contributed by atoms with Crippen LogP contribution in [0.1, 0.15) is 19.4 Å². The standard InChI is InChI=1S/C10H17BrN2O2S2/c1-6(2)8(12)5-13-17(14,15)9-4-7(3)10(11)16-9/h4,6,8,13H,5,12H2,1-3H3. The van der Waals surface area contributed by atoms with Crippen LogP contribution in [0.5, 0.6) is 0 Å². The zero-order valence-electron chi connectivity index (χ0n) is 10.0. The lowest BCUT2D eigenvalue weighted by Crippen LogP contribution is -2.40. The molecule has 0 amide bonds. The molecule has 1 unspecified atom stereocenters. The van der Waals surface area contributed by atoms with E-state index in [0.29, 0.717) is 4.21 Å². The lowest BCUT2D eigenvalue weighted by molar-refractivity contribution is 0.482. The Morgan fingerprint density at radius 2 is 2.12 bits per heavy atom. The Morgan fingerprint density at radius 1 is 1.53 bits per heavy atom. The minimum atomic E-state index is -3.43. The Labute approximate surface area is 115 Å². The normalized spacial score (nSPS) is 14.2. The summed E-state index contributed by atoms with van der Waals surface area (Å²) in [6.07, 6.45) is 0. The van der Waals surface area contributed by atoms with Crippen LogP contribution in [-0.4, -0.2) is 21.0 Å². The maximum atomic E-state index is 11.9. The van der Waals surface area contributed by atoms with E-state index in [1.165, 1.54) is 11.3 Å². The molecule has 0 aromatic carbocycles. The molecule has 1 atom stereocenters. The topological polar surface area (TPSA) is 72.2 Å². The van der Waals surface area contributed by atoms with Gasteiger partial charge in [-0.15, -0.1) is 11.3 Å². The first-order chi connectivity index (χ1) is 7.74. The third-order valence-corrected chi connectivity index (χ3v) is 6.50. The fourth-order valence-corrected chi connectivity index (χ4v) is 4.42. The molecule has 0 aliphatic rings. The average Bonchev–Trinajstić information content (AvgIpc) is 2.56. The highest BCUT2D eigenvalue weighted by molar-refractivity contribution is 9.11. The Kier molecular flexibility index (Phi) is 5.15. The summed E-state index contributed by atoms with van der Waals surface area (Å²) in [5.74, 6) is 0.245. The van der Waals surface area contributed by atoms with E-state index in [-0.39, 0.29) is 18.5 Å². The first kappa shape index (κ1) is 15.1.